The zero-order chi connectivity index (χ0) is 13.0. The minimum Gasteiger partial charge on any atom is -0.496 e. The van der Waals surface area contributed by atoms with Crippen molar-refractivity contribution in [1.29, 1.82) is 0 Å². The fraction of sp³-hybridized carbons (Fsp3) is 0.200. The van der Waals surface area contributed by atoms with Crippen molar-refractivity contribution in [1.82, 2.24) is 0 Å². The van der Waals surface area contributed by atoms with Crippen LogP contribution in [0.2, 0.25) is 0 Å². The van der Waals surface area contributed by atoms with Crippen LogP contribution in [0, 0.1) is 6.92 Å². The van der Waals surface area contributed by atoms with Gasteiger partial charge in [0.1, 0.15) is 18.1 Å². The lowest BCUT2D eigenvalue weighted by molar-refractivity contribution is 0.294. The predicted molar refractivity (Wildman–Crippen MR) is 76.2 cm³/mol. The summed E-state index contributed by atoms with van der Waals surface area (Å²) in [5.74, 6) is 1.74. The van der Waals surface area contributed by atoms with Gasteiger partial charge in [0.15, 0.2) is 0 Å². The van der Waals surface area contributed by atoms with Crippen molar-refractivity contribution >= 4 is 15.9 Å². The minimum atomic E-state index is 0.501. The molecule has 0 aliphatic rings. The lowest BCUT2D eigenvalue weighted by Crippen LogP contribution is -1.99. The van der Waals surface area contributed by atoms with Gasteiger partial charge >= 0.3 is 0 Å². The van der Waals surface area contributed by atoms with Gasteiger partial charge < -0.3 is 9.47 Å². The summed E-state index contributed by atoms with van der Waals surface area (Å²) in [6, 6.07) is 13.9. The second kappa shape index (κ2) is 5.91. The first-order valence-electron chi connectivity index (χ1n) is 5.71. The average Bonchev–Trinajstić information content (AvgIpc) is 2.40. The summed E-state index contributed by atoms with van der Waals surface area (Å²) in [5.41, 5.74) is 2.16. The first kappa shape index (κ1) is 13.0. The van der Waals surface area contributed by atoms with E-state index < -0.39 is 0 Å². The first-order chi connectivity index (χ1) is 8.70. The van der Waals surface area contributed by atoms with Crippen LogP contribution in [-0.2, 0) is 6.61 Å². The SMILES string of the molecule is COc1ccccc1COc1cc(Br)ccc1C. The highest BCUT2D eigenvalue weighted by Crippen LogP contribution is 2.25. The van der Waals surface area contributed by atoms with Crippen LogP contribution in [0.3, 0.4) is 0 Å². The van der Waals surface area contributed by atoms with Crippen molar-refractivity contribution in [3.63, 3.8) is 0 Å². The van der Waals surface area contributed by atoms with E-state index in [-0.39, 0.29) is 0 Å². The third kappa shape index (κ3) is 3.05. The van der Waals surface area contributed by atoms with Gasteiger partial charge in [-0.2, -0.15) is 0 Å². The molecule has 0 heterocycles. The summed E-state index contributed by atoms with van der Waals surface area (Å²) in [5, 5.41) is 0. The summed E-state index contributed by atoms with van der Waals surface area (Å²) < 4.78 is 12.2. The van der Waals surface area contributed by atoms with Gasteiger partial charge in [0.25, 0.3) is 0 Å². The van der Waals surface area contributed by atoms with Gasteiger partial charge in [0, 0.05) is 10.0 Å². The van der Waals surface area contributed by atoms with Crippen molar-refractivity contribution in [2.45, 2.75) is 13.5 Å². The van der Waals surface area contributed by atoms with E-state index in [0.717, 1.165) is 27.1 Å². The van der Waals surface area contributed by atoms with E-state index >= 15 is 0 Å². The maximum absolute atomic E-state index is 5.84. The maximum Gasteiger partial charge on any atom is 0.125 e. The standard InChI is InChI=1S/C15H15BrO2/c1-11-7-8-13(16)9-15(11)18-10-12-5-3-4-6-14(12)17-2/h3-9H,10H2,1-2H3. The largest absolute Gasteiger partial charge is 0.496 e. The van der Waals surface area contributed by atoms with E-state index in [9.17, 15) is 0 Å². The van der Waals surface area contributed by atoms with E-state index in [1.165, 1.54) is 0 Å². The van der Waals surface area contributed by atoms with Crippen molar-refractivity contribution in [2.75, 3.05) is 7.11 Å². The minimum absolute atomic E-state index is 0.501. The van der Waals surface area contributed by atoms with E-state index in [1.807, 2.05) is 49.4 Å². The van der Waals surface area contributed by atoms with Crippen LogP contribution in [-0.4, -0.2) is 7.11 Å². The summed E-state index contributed by atoms with van der Waals surface area (Å²) in [7, 11) is 1.67. The van der Waals surface area contributed by atoms with Crippen LogP contribution in [0.25, 0.3) is 0 Å². The molecule has 0 saturated heterocycles. The topological polar surface area (TPSA) is 18.5 Å². The molecular formula is C15H15BrO2. The van der Waals surface area contributed by atoms with Crippen LogP contribution in [0.1, 0.15) is 11.1 Å². The summed E-state index contributed by atoms with van der Waals surface area (Å²) in [6.45, 7) is 2.53. The molecule has 0 aromatic heterocycles. The molecule has 0 N–H and O–H groups in total. The fourth-order valence-corrected chi connectivity index (χ4v) is 2.05. The molecular weight excluding hydrogens is 292 g/mol. The van der Waals surface area contributed by atoms with Gasteiger partial charge in [0.05, 0.1) is 7.11 Å². The van der Waals surface area contributed by atoms with E-state index in [1.54, 1.807) is 7.11 Å². The number of methoxy groups -OCH3 is 1. The van der Waals surface area contributed by atoms with Gasteiger partial charge in [-0.05, 0) is 30.7 Å². The zero-order valence-electron chi connectivity index (χ0n) is 10.4. The summed E-state index contributed by atoms with van der Waals surface area (Å²) in [6.07, 6.45) is 0. The Hall–Kier alpha value is -1.48. The van der Waals surface area contributed by atoms with Crippen LogP contribution >= 0.6 is 15.9 Å². The van der Waals surface area contributed by atoms with Gasteiger partial charge in [-0.25, -0.2) is 0 Å². The lowest BCUT2D eigenvalue weighted by Gasteiger charge is -2.12. The van der Waals surface area contributed by atoms with E-state index in [0.29, 0.717) is 6.61 Å². The Morgan fingerprint density at radius 1 is 1.06 bits per heavy atom. The molecule has 0 atom stereocenters. The molecule has 0 aliphatic carbocycles. The third-order valence-corrected chi connectivity index (χ3v) is 3.22. The van der Waals surface area contributed by atoms with Crippen LogP contribution < -0.4 is 9.47 Å². The van der Waals surface area contributed by atoms with Gasteiger partial charge in [-0.1, -0.05) is 40.2 Å². The van der Waals surface area contributed by atoms with Gasteiger partial charge in [0.2, 0.25) is 0 Å². The Morgan fingerprint density at radius 2 is 1.83 bits per heavy atom. The number of hydrogen-bond acceptors (Lipinski definition) is 2. The number of para-hydroxylation sites is 1. The molecule has 0 unspecified atom stereocenters. The molecule has 18 heavy (non-hydrogen) atoms. The third-order valence-electron chi connectivity index (χ3n) is 2.73. The van der Waals surface area contributed by atoms with E-state index in [2.05, 4.69) is 15.9 Å². The van der Waals surface area contributed by atoms with Crippen LogP contribution in [0.15, 0.2) is 46.9 Å². The molecule has 0 saturated carbocycles. The van der Waals surface area contributed by atoms with Gasteiger partial charge in [-0.3, -0.25) is 0 Å². The Bertz CT molecular complexity index is 538. The molecule has 0 aliphatic heterocycles. The Morgan fingerprint density at radius 3 is 2.61 bits per heavy atom. The summed E-state index contributed by atoms with van der Waals surface area (Å²) in [4.78, 5) is 0. The number of aryl methyl sites for hydroxylation is 1. The molecule has 94 valence electrons. The molecule has 2 aromatic carbocycles. The average molecular weight is 307 g/mol. The highest BCUT2D eigenvalue weighted by Gasteiger charge is 2.04. The van der Waals surface area contributed by atoms with E-state index in [4.69, 9.17) is 9.47 Å². The van der Waals surface area contributed by atoms with Crippen molar-refractivity contribution < 1.29 is 9.47 Å². The molecule has 0 radical (unpaired) electrons. The molecule has 0 bridgehead atoms. The predicted octanol–water partition coefficient (Wildman–Crippen LogP) is 4.35. The number of benzene rings is 2. The Kier molecular flexibility index (Phi) is 4.26. The highest BCUT2D eigenvalue weighted by molar-refractivity contribution is 9.10. The Balaban J connectivity index is 2.14. The normalized spacial score (nSPS) is 10.2. The molecule has 2 rings (SSSR count). The number of ether oxygens (including phenoxy) is 2. The van der Waals surface area contributed by atoms with Crippen LogP contribution in [0.4, 0.5) is 0 Å². The maximum atomic E-state index is 5.84. The zero-order valence-corrected chi connectivity index (χ0v) is 12.0. The number of rotatable bonds is 4. The van der Waals surface area contributed by atoms with Crippen molar-refractivity contribution in [2.24, 2.45) is 0 Å². The first-order valence-corrected chi connectivity index (χ1v) is 6.51. The van der Waals surface area contributed by atoms with Crippen LogP contribution in [0.5, 0.6) is 11.5 Å². The quantitative estimate of drug-likeness (QED) is 0.836. The van der Waals surface area contributed by atoms with Crippen molar-refractivity contribution in [3.8, 4) is 11.5 Å². The molecule has 0 amide bonds. The molecule has 0 spiro atoms. The molecule has 3 heteroatoms. The summed E-state index contributed by atoms with van der Waals surface area (Å²) >= 11 is 3.45. The second-order valence-corrected chi connectivity index (χ2v) is 4.93. The second-order valence-electron chi connectivity index (χ2n) is 4.01. The Labute approximate surface area is 116 Å². The lowest BCUT2D eigenvalue weighted by atomic mass is 10.2. The fourth-order valence-electron chi connectivity index (χ4n) is 1.71. The highest BCUT2D eigenvalue weighted by atomic mass is 79.9. The van der Waals surface area contributed by atoms with Crippen molar-refractivity contribution in [3.05, 3.63) is 58.1 Å². The van der Waals surface area contributed by atoms with Gasteiger partial charge in [-0.15, -0.1) is 0 Å². The molecule has 2 nitrogen and oxygen atoms in total. The number of halogens is 1. The number of hydrogen-bond donors (Lipinski definition) is 0. The molecule has 0 fully saturated rings. The monoisotopic (exact) mass is 306 g/mol. The molecule has 2 aromatic rings. The smallest absolute Gasteiger partial charge is 0.125 e.